The first kappa shape index (κ1) is 22.3. The second kappa shape index (κ2) is 12.7. The van der Waals surface area contributed by atoms with Gasteiger partial charge in [-0.1, -0.05) is 71.7 Å². The number of carbonyl (C=O) groups excluding carboxylic acids is 1. The highest BCUT2D eigenvalue weighted by atomic mass is 79.9. The van der Waals surface area contributed by atoms with E-state index in [-0.39, 0.29) is 5.78 Å². The molecule has 0 radical (unpaired) electrons. The highest BCUT2D eigenvalue weighted by molar-refractivity contribution is 9.10. The smallest absolute Gasteiger partial charge is 0.152 e. The molecule has 0 heterocycles. The predicted octanol–water partition coefficient (Wildman–Crippen LogP) is 6.77. The summed E-state index contributed by atoms with van der Waals surface area (Å²) in [7, 11) is 0. The summed E-state index contributed by atoms with van der Waals surface area (Å²) < 4.78 is 1.14. The van der Waals surface area contributed by atoms with Crippen molar-refractivity contribution in [3.8, 4) is 0 Å². The Labute approximate surface area is 155 Å². The monoisotopic (exact) mass is 388 g/mol. The number of halogens is 1. The zero-order valence-electron chi connectivity index (χ0n) is 15.5. The molecule has 0 unspecified atom stereocenters. The van der Waals surface area contributed by atoms with Crippen LogP contribution in [0.25, 0.3) is 0 Å². The van der Waals surface area contributed by atoms with Gasteiger partial charge in [0.1, 0.15) is 0 Å². The van der Waals surface area contributed by atoms with E-state index in [2.05, 4.69) is 80.5 Å². The van der Waals surface area contributed by atoms with E-state index in [0.29, 0.717) is 0 Å². The Balaban J connectivity index is 0.000000358. The molecule has 0 saturated heterocycles. The average molecular weight is 389 g/mol. The van der Waals surface area contributed by atoms with Crippen LogP contribution in [0.15, 0.2) is 59.6 Å². The molecule has 2 aromatic rings. The van der Waals surface area contributed by atoms with Crippen molar-refractivity contribution in [2.24, 2.45) is 0 Å². The Morgan fingerprint density at radius 3 is 2.04 bits per heavy atom. The second-order valence-electron chi connectivity index (χ2n) is 5.72. The van der Waals surface area contributed by atoms with Crippen molar-refractivity contribution in [3.63, 3.8) is 0 Å². The Morgan fingerprint density at radius 1 is 1.08 bits per heavy atom. The van der Waals surface area contributed by atoms with Gasteiger partial charge in [0, 0.05) is 4.47 Å². The van der Waals surface area contributed by atoms with Gasteiger partial charge in [0.05, 0.1) is 0 Å². The zero-order chi connectivity index (χ0) is 18.5. The van der Waals surface area contributed by atoms with E-state index >= 15 is 0 Å². The van der Waals surface area contributed by atoms with E-state index in [9.17, 15) is 4.79 Å². The van der Waals surface area contributed by atoms with Crippen molar-refractivity contribution in [2.75, 3.05) is 0 Å². The molecule has 0 aliphatic heterocycles. The van der Waals surface area contributed by atoms with E-state index in [0.717, 1.165) is 4.47 Å². The van der Waals surface area contributed by atoms with Gasteiger partial charge in [0.25, 0.3) is 0 Å². The van der Waals surface area contributed by atoms with Gasteiger partial charge in [-0.25, -0.2) is 0 Å². The number of aryl methyl sites for hydroxylation is 3. The van der Waals surface area contributed by atoms with Crippen LogP contribution in [0.5, 0.6) is 0 Å². The molecule has 0 aliphatic carbocycles. The summed E-state index contributed by atoms with van der Waals surface area (Å²) in [6.07, 6.45) is 3.73. The van der Waals surface area contributed by atoms with Gasteiger partial charge in [-0.15, -0.1) is 0 Å². The van der Waals surface area contributed by atoms with Crippen molar-refractivity contribution in [1.29, 1.82) is 0 Å². The maximum absolute atomic E-state index is 9.69. The highest BCUT2D eigenvalue weighted by Crippen LogP contribution is 2.13. The van der Waals surface area contributed by atoms with Crippen molar-refractivity contribution in [2.45, 2.75) is 47.5 Å². The highest BCUT2D eigenvalue weighted by Gasteiger charge is 1.97. The summed E-state index contributed by atoms with van der Waals surface area (Å²) in [5, 5.41) is 0. The maximum Gasteiger partial charge on any atom is 0.152 e. The van der Waals surface area contributed by atoms with Gasteiger partial charge in [0.2, 0.25) is 0 Å². The van der Waals surface area contributed by atoms with E-state index in [1.165, 1.54) is 48.1 Å². The molecule has 24 heavy (non-hydrogen) atoms. The number of allylic oxidation sites excluding steroid dienone is 1. The molecule has 0 aromatic heterocycles. The minimum absolute atomic E-state index is 0.0185. The number of ketones is 1. The summed E-state index contributed by atoms with van der Waals surface area (Å²) in [6.45, 7) is 13.4. The van der Waals surface area contributed by atoms with Gasteiger partial charge in [0.15, 0.2) is 5.78 Å². The van der Waals surface area contributed by atoms with Gasteiger partial charge >= 0.3 is 0 Å². The fraction of sp³-hybridized carbons (Fsp3) is 0.318. The SMILES string of the molecule is C=CC(C)=O.CCCc1cccc(C)c1C.Cc1ccc(Br)cc1. The molecule has 0 bridgehead atoms. The molecule has 0 amide bonds. The molecule has 1 nitrogen and oxygen atoms in total. The number of hydrogen-bond donors (Lipinski definition) is 0. The van der Waals surface area contributed by atoms with Crippen LogP contribution < -0.4 is 0 Å². The van der Waals surface area contributed by atoms with Crippen LogP contribution in [-0.2, 0) is 11.2 Å². The van der Waals surface area contributed by atoms with Gasteiger partial charge in [-0.3, -0.25) is 4.79 Å². The molecule has 2 rings (SSSR count). The summed E-state index contributed by atoms with van der Waals surface area (Å²) >= 11 is 3.35. The Kier molecular flexibility index (Phi) is 11.8. The molecule has 2 aromatic carbocycles. The number of rotatable bonds is 3. The molecule has 0 fully saturated rings. The van der Waals surface area contributed by atoms with Crippen LogP contribution >= 0.6 is 15.9 Å². The standard InChI is InChI=1S/C11H16.C7H7Br.C4H6O/c1-4-6-11-8-5-7-9(2)10(11)3;1-6-2-4-7(8)5-3-6;1-3-4(2)5/h5,7-8H,4,6H2,1-3H3;2-5H,1H3;3H,1H2,2H3. The van der Waals surface area contributed by atoms with Crippen LogP contribution in [0.3, 0.4) is 0 Å². The summed E-state index contributed by atoms with van der Waals surface area (Å²) in [5.74, 6) is 0.0185. The first-order valence-corrected chi connectivity index (χ1v) is 9.01. The molecule has 0 spiro atoms. The van der Waals surface area contributed by atoms with Crippen LogP contribution in [0.4, 0.5) is 0 Å². The summed E-state index contributed by atoms with van der Waals surface area (Å²) in [6, 6.07) is 14.8. The fourth-order valence-corrected chi connectivity index (χ4v) is 2.15. The summed E-state index contributed by atoms with van der Waals surface area (Å²) in [4.78, 5) is 9.69. The van der Waals surface area contributed by atoms with Crippen LogP contribution in [0, 0.1) is 20.8 Å². The first-order chi connectivity index (χ1) is 11.3. The third kappa shape index (κ3) is 10.2. The Morgan fingerprint density at radius 2 is 1.62 bits per heavy atom. The lowest BCUT2D eigenvalue weighted by atomic mass is 10.0. The molecule has 0 saturated carbocycles. The fourth-order valence-electron chi connectivity index (χ4n) is 1.89. The zero-order valence-corrected chi connectivity index (χ0v) is 17.1. The molecule has 130 valence electrons. The van der Waals surface area contributed by atoms with Crippen LogP contribution in [0.2, 0.25) is 0 Å². The lowest BCUT2D eigenvalue weighted by Crippen LogP contribution is -1.90. The summed E-state index contributed by atoms with van der Waals surface area (Å²) in [5.41, 5.74) is 5.69. The van der Waals surface area contributed by atoms with Crippen molar-refractivity contribution >= 4 is 21.7 Å². The number of hydrogen-bond acceptors (Lipinski definition) is 1. The van der Waals surface area contributed by atoms with Gasteiger partial charge in [-0.05, 0) is 69.0 Å². The first-order valence-electron chi connectivity index (χ1n) is 8.22. The van der Waals surface area contributed by atoms with Gasteiger partial charge in [-0.2, -0.15) is 0 Å². The number of carbonyl (C=O) groups is 1. The minimum atomic E-state index is 0.0185. The topological polar surface area (TPSA) is 17.1 Å². The normalized spacial score (nSPS) is 9.08. The molecular weight excluding hydrogens is 360 g/mol. The Hall–Kier alpha value is -1.67. The second-order valence-corrected chi connectivity index (χ2v) is 6.64. The van der Waals surface area contributed by atoms with Crippen molar-refractivity contribution < 1.29 is 4.79 Å². The third-order valence-corrected chi connectivity index (χ3v) is 4.06. The molecule has 0 aliphatic rings. The third-order valence-electron chi connectivity index (χ3n) is 3.53. The maximum atomic E-state index is 9.69. The predicted molar refractivity (Wildman–Crippen MR) is 110 cm³/mol. The minimum Gasteiger partial charge on any atom is -0.295 e. The Bertz CT molecular complexity index is 606. The van der Waals surface area contributed by atoms with E-state index in [4.69, 9.17) is 0 Å². The van der Waals surface area contributed by atoms with Crippen molar-refractivity contribution in [3.05, 3.63) is 81.8 Å². The largest absolute Gasteiger partial charge is 0.295 e. The average Bonchev–Trinajstić information content (AvgIpc) is 2.56. The van der Waals surface area contributed by atoms with Gasteiger partial charge < -0.3 is 0 Å². The lowest BCUT2D eigenvalue weighted by molar-refractivity contribution is -0.112. The van der Waals surface area contributed by atoms with E-state index < -0.39 is 0 Å². The molecule has 0 atom stereocenters. The van der Waals surface area contributed by atoms with E-state index in [1.807, 2.05) is 12.1 Å². The number of benzene rings is 2. The van der Waals surface area contributed by atoms with Crippen molar-refractivity contribution in [1.82, 2.24) is 0 Å². The molecular formula is C22H29BrO. The molecule has 2 heteroatoms. The van der Waals surface area contributed by atoms with Crippen LogP contribution in [0.1, 0.15) is 42.5 Å². The van der Waals surface area contributed by atoms with E-state index in [1.54, 1.807) is 0 Å². The molecule has 0 N–H and O–H groups in total. The van der Waals surface area contributed by atoms with Crippen LogP contribution in [-0.4, -0.2) is 5.78 Å². The quantitative estimate of drug-likeness (QED) is 0.529. The lowest BCUT2D eigenvalue weighted by Gasteiger charge is -2.05.